The molecule has 0 saturated carbocycles. The minimum atomic E-state index is -0.178. The van der Waals surface area contributed by atoms with Gasteiger partial charge in [0.2, 0.25) is 0 Å². The smallest absolute Gasteiger partial charge is 0.267 e. The lowest BCUT2D eigenvalue weighted by Gasteiger charge is -2.01. The zero-order valence-electron chi connectivity index (χ0n) is 7.77. The van der Waals surface area contributed by atoms with Gasteiger partial charge in [-0.3, -0.25) is 4.79 Å². The Morgan fingerprint density at radius 3 is 2.86 bits per heavy atom. The summed E-state index contributed by atoms with van der Waals surface area (Å²) >= 11 is 0. The van der Waals surface area contributed by atoms with E-state index in [1.165, 1.54) is 4.68 Å². The van der Waals surface area contributed by atoms with E-state index < -0.39 is 0 Å². The second kappa shape index (κ2) is 3.06. The van der Waals surface area contributed by atoms with E-state index in [2.05, 4.69) is 16.9 Å². The second-order valence-corrected chi connectivity index (χ2v) is 3.06. The first-order chi connectivity index (χ1) is 6.70. The van der Waals surface area contributed by atoms with E-state index in [1.807, 2.05) is 6.07 Å². The van der Waals surface area contributed by atoms with Gasteiger partial charge in [-0.15, -0.1) is 5.10 Å². The third-order valence-electron chi connectivity index (χ3n) is 1.93. The lowest BCUT2D eigenvalue weighted by atomic mass is 10.2. The van der Waals surface area contributed by atoms with E-state index in [0.29, 0.717) is 16.6 Å². The Morgan fingerprint density at radius 2 is 2.14 bits per heavy atom. The van der Waals surface area contributed by atoms with Crippen LogP contribution in [0, 0.1) is 0 Å². The Bertz CT molecular complexity index is 557. The van der Waals surface area contributed by atoms with Gasteiger partial charge in [-0.2, -0.15) is 4.68 Å². The minimum Gasteiger partial charge on any atom is -0.267 e. The van der Waals surface area contributed by atoms with Crippen LogP contribution in [0.15, 0.2) is 35.6 Å². The molecule has 0 saturated heterocycles. The van der Waals surface area contributed by atoms with Crippen molar-refractivity contribution in [3.05, 3.63) is 41.2 Å². The Labute approximate surface area is 80.5 Å². The highest BCUT2D eigenvalue weighted by Gasteiger charge is 2.03. The summed E-state index contributed by atoms with van der Waals surface area (Å²) in [6, 6.07) is 7.11. The summed E-state index contributed by atoms with van der Waals surface area (Å²) in [6.45, 7) is 5.37. The van der Waals surface area contributed by atoms with Gasteiger partial charge in [-0.05, 0) is 19.1 Å². The molecule has 14 heavy (non-hydrogen) atoms. The molecule has 0 amide bonds. The molecule has 2 aromatic rings. The third-order valence-corrected chi connectivity index (χ3v) is 1.93. The molecule has 0 aliphatic rings. The first-order valence-corrected chi connectivity index (χ1v) is 4.21. The van der Waals surface area contributed by atoms with Gasteiger partial charge in [0.25, 0.3) is 5.56 Å². The molecule has 70 valence electrons. The second-order valence-electron chi connectivity index (χ2n) is 3.06. The van der Waals surface area contributed by atoms with Crippen molar-refractivity contribution < 1.29 is 0 Å². The van der Waals surface area contributed by atoms with Gasteiger partial charge in [0.15, 0.2) is 0 Å². The summed E-state index contributed by atoms with van der Waals surface area (Å²) in [5.41, 5.74) is 0.992. The van der Waals surface area contributed by atoms with Crippen molar-refractivity contribution in [2.24, 2.45) is 0 Å². The van der Waals surface area contributed by atoms with Crippen LogP contribution in [0.3, 0.4) is 0 Å². The van der Waals surface area contributed by atoms with E-state index in [0.717, 1.165) is 0 Å². The average Bonchev–Trinajstić information content (AvgIpc) is 2.18. The quantitative estimate of drug-likeness (QED) is 0.675. The van der Waals surface area contributed by atoms with E-state index >= 15 is 0 Å². The van der Waals surface area contributed by atoms with Crippen molar-refractivity contribution >= 4 is 16.6 Å². The number of aromatic nitrogens is 3. The van der Waals surface area contributed by atoms with Crippen LogP contribution in [0.4, 0.5) is 0 Å². The van der Waals surface area contributed by atoms with Crippen LogP contribution in [0.5, 0.6) is 0 Å². The van der Waals surface area contributed by atoms with Crippen LogP contribution in [0.2, 0.25) is 0 Å². The standard InChI is InChI=1S/C10H9N3O/c1-7(2)13-10(14)8-5-3-4-6-9(8)11-12-13/h3-6H,1H2,2H3. The zero-order valence-corrected chi connectivity index (χ0v) is 7.77. The molecule has 2 rings (SSSR count). The molecule has 4 nitrogen and oxygen atoms in total. The Hall–Kier alpha value is -1.97. The van der Waals surface area contributed by atoms with E-state index in [1.54, 1.807) is 25.1 Å². The number of hydrogen-bond acceptors (Lipinski definition) is 3. The van der Waals surface area contributed by atoms with Crippen LogP contribution in [-0.4, -0.2) is 15.0 Å². The van der Waals surface area contributed by atoms with E-state index in [4.69, 9.17) is 0 Å². The topological polar surface area (TPSA) is 47.8 Å². The molecule has 1 heterocycles. The predicted octanol–water partition coefficient (Wildman–Crippen LogP) is 1.28. The monoisotopic (exact) mass is 187 g/mol. The molecule has 0 atom stereocenters. The Balaban J connectivity index is 2.89. The van der Waals surface area contributed by atoms with Crippen LogP contribution in [0.1, 0.15) is 6.92 Å². The number of allylic oxidation sites excluding steroid dienone is 1. The molecule has 1 aromatic heterocycles. The van der Waals surface area contributed by atoms with Crippen LogP contribution < -0.4 is 5.56 Å². The molecule has 0 N–H and O–H groups in total. The predicted molar refractivity (Wildman–Crippen MR) is 54.8 cm³/mol. The molecule has 4 heteroatoms. The van der Waals surface area contributed by atoms with Gasteiger partial charge in [-0.1, -0.05) is 23.9 Å². The molecular weight excluding hydrogens is 178 g/mol. The summed E-state index contributed by atoms with van der Waals surface area (Å²) in [7, 11) is 0. The molecule has 0 radical (unpaired) electrons. The van der Waals surface area contributed by atoms with E-state index in [-0.39, 0.29) is 5.56 Å². The summed E-state index contributed by atoms with van der Waals surface area (Å²) in [5, 5.41) is 8.24. The molecule has 0 unspecified atom stereocenters. The molecule has 1 aromatic carbocycles. The molecule has 0 aliphatic heterocycles. The number of hydrogen-bond donors (Lipinski definition) is 0. The van der Waals surface area contributed by atoms with Gasteiger partial charge < -0.3 is 0 Å². The van der Waals surface area contributed by atoms with Crippen LogP contribution in [0.25, 0.3) is 16.6 Å². The highest BCUT2D eigenvalue weighted by atomic mass is 16.1. The highest BCUT2D eigenvalue weighted by Crippen LogP contribution is 2.04. The largest absolute Gasteiger partial charge is 0.282 e. The fourth-order valence-electron chi connectivity index (χ4n) is 1.24. The van der Waals surface area contributed by atoms with Crippen molar-refractivity contribution in [1.29, 1.82) is 0 Å². The normalized spacial score (nSPS) is 10.4. The van der Waals surface area contributed by atoms with Crippen molar-refractivity contribution in [1.82, 2.24) is 15.0 Å². The van der Waals surface area contributed by atoms with Gasteiger partial charge in [0.1, 0.15) is 5.52 Å². The molecular formula is C10H9N3O. The van der Waals surface area contributed by atoms with Gasteiger partial charge in [0, 0.05) is 5.70 Å². The van der Waals surface area contributed by atoms with Crippen molar-refractivity contribution in [3.8, 4) is 0 Å². The number of nitrogens with zero attached hydrogens (tertiary/aromatic N) is 3. The maximum absolute atomic E-state index is 11.8. The number of fused-ring (bicyclic) bond motifs is 1. The van der Waals surface area contributed by atoms with Crippen LogP contribution in [-0.2, 0) is 0 Å². The zero-order chi connectivity index (χ0) is 10.1. The first-order valence-electron chi connectivity index (χ1n) is 4.21. The third kappa shape index (κ3) is 1.21. The van der Waals surface area contributed by atoms with Gasteiger partial charge in [0.05, 0.1) is 5.39 Å². The minimum absolute atomic E-state index is 0.178. The number of benzene rings is 1. The molecule has 0 bridgehead atoms. The number of rotatable bonds is 1. The fourth-order valence-corrected chi connectivity index (χ4v) is 1.24. The molecule has 0 fully saturated rings. The summed E-state index contributed by atoms with van der Waals surface area (Å²) in [5.74, 6) is 0. The van der Waals surface area contributed by atoms with Crippen LogP contribution >= 0.6 is 0 Å². The average molecular weight is 187 g/mol. The van der Waals surface area contributed by atoms with Gasteiger partial charge >= 0.3 is 0 Å². The highest BCUT2D eigenvalue weighted by molar-refractivity contribution is 5.76. The maximum Gasteiger partial charge on any atom is 0.282 e. The SMILES string of the molecule is C=C(C)n1nnc2ccccc2c1=O. The Kier molecular flexibility index (Phi) is 1.89. The first kappa shape index (κ1) is 8.62. The Morgan fingerprint density at radius 1 is 1.43 bits per heavy atom. The summed E-state index contributed by atoms with van der Waals surface area (Å²) < 4.78 is 1.20. The fraction of sp³-hybridized carbons (Fsp3) is 0.100. The van der Waals surface area contributed by atoms with Gasteiger partial charge in [-0.25, -0.2) is 0 Å². The molecule has 0 aliphatic carbocycles. The summed E-state index contributed by atoms with van der Waals surface area (Å²) in [6.07, 6.45) is 0. The van der Waals surface area contributed by atoms with E-state index in [9.17, 15) is 4.79 Å². The van der Waals surface area contributed by atoms with Crippen molar-refractivity contribution in [2.45, 2.75) is 6.92 Å². The lowest BCUT2D eigenvalue weighted by Crippen LogP contribution is -2.22. The maximum atomic E-state index is 11.8. The van der Waals surface area contributed by atoms with Crippen molar-refractivity contribution in [2.75, 3.05) is 0 Å². The lowest BCUT2D eigenvalue weighted by molar-refractivity contribution is 0.750. The van der Waals surface area contributed by atoms with Crippen molar-refractivity contribution in [3.63, 3.8) is 0 Å². The molecule has 0 spiro atoms. The summed E-state index contributed by atoms with van der Waals surface area (Å²) in [4.78, 5) is 11.8.